The molecule has 0 fully saturated rings. The molecule has 0 saturated heterocycles. The van der Waals surface area contributed by atoms with Crippen LogP contribution in [0.1, 0.15) is 23.2 Å². The Morgan fingerprint density at radius 1 is 1.28 bits per heavy atom. The number of hydrogen-bond acceptors (Lipinski definition) is 3. The average molecular weight is 245 g/mol. The van der Waals surface area contributed by atoms with Gasteiger partial charge in [0.15, 0.2) is 0 Å². The summed E-state index contributed by atoms with van der Waals surface area (Å²) < 4.78 is 1.65. The summed E-state index contributed by atoms with van der Waals surface area (Å²) in [4.78, 5) is 0. The van der Waals surface area contributed by atoms with Crippen LogP contribution in [0.3, 0.4) is 0 Å². The molecule has 0 bridgehead atoms. The van der Waals surface area contributed by atoms with Crippen LogP contribution >= 0.6 is 0 Å². The van der Waals surface area contributed by atoms with Crippen molar-refractivity contribution in [2.24, 2.45) is 7.05 Å². The van der Waals surface area contributed by atoms with Crippen LogP contribution in [0.4, 0.5) is 0 Å². The van der Waals surface area contributed by atoms with Crippen LogP contribution in [-0.2, 0) is 19.9 Å². The summed E-state index contributed by atoms with van der Waals surface area (Å²) in [7, 11) is 1.83. The maximum absolute atomic E-state index is 9.95. The lowest BCUT2D eigenvalue weighted by Crippen LogP contribution is -2.12. The first-order chi connectivity index (χ1) is 8.63. The Bertz CT molecular complexity index is 490. The summed E-state index contributed by atoms with van der Waals surface area (Å²) in [6, 6.07) is 8.43. The number of hydrogen-bond donors (Lipinski definition) is 1. The van der Waals surface area contributed by atoms with Crippen molar-refractivity contribution in [2.75, 3.05) is 0 Å². The van der Waals surface area contributed by atoms with E-state index in [0.717, 1.165) is 18.5 Å². The molecule has 0 aliphatic heterocycles. The van der Waals surface area contributed by atoms with Crippen LogP contribution in [0, 0.1) is 6.92 Å². The SMILES string of the molecule is Cc1ccc(CCC(O)Cc2cn(C)nn2)cc1. The molecule has 0 radical (unpaired) electrons. The molecule has 96 valence electrons. The third kappa shape index (κ3) is 3.67. The van der Waals surface area contributed by atoms with Crippen molar-refractivity contribution in [3.8, 4) is 0 Å². The van der Waals surface area contributed by atoms with Crippen molar-refractivity contribution in [3.05, 3.63) is 47.3 Å². The van der Waals surface area contributed by atoms with E-state index < -0.39 is 0 Å². The fourth-order valence-electron chi connectivity index (χ4n) is 1.92. The molecule has 1 heterocycles. The molecule has 18 heavy (non-hydrogen) atoms. The number of rotatable bonds is 5. The molecule has 2 aromatic rings. The molecule has 0 aliphatic rings. The first kappa shape index (κ1) is 12.8. The standard InChI is InChI=1S/C14H19N3O/c1-11-3-5-12(6-4-11)7-8-14(18)9-13-10-17(2)16-15-13/h3-6,10,14,18H,7-9H2,1-2H3. The van der Waals surface area contributed by atoms with Crippen molar-refractivity contribution < 1.29 is 5.11 Å². The lowest BCUT2D eigenvalue weighted by molar-refractivity contribution is 0.164. The van der Waals surface area contributed by atoms with E-state index in [4.69, 9.17) is 0 Å². The Morgan fingerprint density at radius 2 is 2.00 bits per heavy atom. The molecule has 0 spiro atoms. The van der Waals surface area contributed by atoms with E-state index in [1.54, 1.807) is 4.68 Å². The molecule has 0 amide bonds. The van der Waals surface area contributed by atoms with Gasteiger partial charge in [0.05, 0.1) is 11.8 Å². The molecule has 1 aromatic carbocycles. The Kier molecular flexibility index (Phi) is 4.10. The first-order valence-electron chi connectivity index (χ1n) is 6.22. The highest BCUT2D eigenvalue weighted by Gasteiger charge is 2.08. The van der Waals surface area contributed by atoms with Gasteiger partial charge in [-0.25, -0.2) is 0 Å². The summed E-state index contributed by atoms with van der Waals surface area (Å²) >= 11 is 0. The molecule has 0 saturated carbocycles. The second-order valence-corrected chi connectivity index (χ2v) is 4.77. The highest BCUT2D eigenvalue weighted by Crippen LogP contribution is 2.09. The van der Waals surface area contributed by atoms with E-state index in [1.165, 1.54) is 11.1 Å². The molecular weight excluding hydrogens is 226 g/mol. The van der Waals surface area contributed by atoms with Gasteiger partial charge in [0.25, 0.3) is 0 Å². The number of benzene rings is 1. The van der Waals surface area contributed by atoms with Gasteiger partial charge in [0.2, 0.25) is 0 Å². The maximum Gasteiger partial charge on any atom is 0.0852 e. The van der Waals surface area contributed by atoms with Crippen molar-refractivity contribution in [2.45, 2.75) is 32.3 Å². The van der Waals surface area contributed by atoms with Crippen molar-refractivity contribution in [3.63, 3.8) is 0 Å². The zero-order chi connectivity index (χ0) is 13.0. The molecule has 1 atom stereocenters. The monoisotopic (exact) mass is 245 g/mol. The predicted molar refractivity (Wildman–Crippen MR) is 70.2 cm³/mol. The third-order valence-corrected chi connectivity index (χ3v) is 2.98. The minimum atomic E-state index is -0.358. The normalized spacial score (nSPS) is 12.6. The van der Waals surface area contributed by atoms with E-state index in [9.17, 15) is 5.11 Å². The largest absolute Gasteiger partial charge is 0.393 e. The van der Waals surface area contributed by atoms with Gasteiger partial charge in [-0.3, -0.25) is 4.68 Å². The minimum Gasteiger partial charge on any atom is -0.393 e. The summed E-state index contributed by atoms with van der Waals surface area (Å²) in [5.74, 6) is 0. The molecule has 0 aliphatic carbocycles. The average Bonchev–Trinajstić information content (AvgIpc) is 2.74. The van der Waals surface area contributed by atoms with Crippen LogP contribution < -0.4 is 0 Å². The Balaban J connectivity index is 1.81. The highest BCUT2D eigenvalue weighted by molar-refractivity contribution is 5.21. The molecule has 1 N–H and O–H groups in total. The van der Waals surface area contributed by atoms with E-state index in [2.05, 4.69) is 41.5 Å². The van der Waals surface area contributed by atoms with E-state index >= 15 is 0 Å². The fourth-order valence-corrected chi connectivity index (χ4v) is 1.92. The minimum absolute atomic E-state index is 0.358. The first-order valence-corrected chi connectivity index (χ1v) is 6.22. The molecule has 4 nitrogen and oxygen atoms in total. The topological polar surface area (TPSA) is 50.9 Å². The van der Waals surface area contributed by atoms with Gasteiger partial charge >= 0.3 is 0 Å². The molecule has 4 heteroatoms. The molecule has 2 rings (SSSR count). The van der Waals surface area contributed by atoms with Crippen molar-refractivity contribution in [1.82, 2.24) is 15.0 Å². The number of aryl methyl sites for hydroxylation is 3. The van der Waals surface area contributed by atoms with Crippen molar-refractivity contribution in [1.29, 1.82) is 0 Å². The van der Waals surface area contributed by atoms with Crippen LogP contribution in [0.2, 0.25) is 0 Å². The third-order valence-electron chi connectivity index (χ3n) is 2.98. The summed E-state index contributed by atoms with van der Waals surface area (Å²) in [6.45, 7) is 2.08. The molecule has 1 unspecified atom stereocenters. The van der Waals surface area contributed by atoms with Gasteiger partial charge < -0.3 is 5.11 Å². The van der Waals surface area contributed by atoms with E-state index in [-0.39, 0.29) is 6.10 Å². The lowest BCUT2D eigenvalue weighted by Gasteiger charge is -2.08. The Morgan fingerprint density at radius 3 is 2.61 bits per heavy atom. The summed E-state index contributed by atoms with van der Waals surface area (Å²) in [5.41, 5.74) is 3.37. The highest BCUT2D eigenvalue weighted by atomic mass is 16.3. The second kappa shape index (κ2) is 5.78. The van der Waals surface area contributed by atoms with Gasteiger partial charge in [-0.2, -0.15) is 0 Å². The van der Waals surface area contributed by atoms with Gasteiger partial charge in [0.1, 0.15) is 0 Å². The summed E-state index contributed by atoms with van der Waals surface area (Å²) in [6.07, 6.45) is 3.69. The zero-order valence-electron chi connectivity index (χ0n) is 10.9. The van der Waals surface area contributed by atoms with Crippen LogP contribution in [0.5, 0.6) is 0 Å². The number of nitrogens with zero attached hydrogens (tertiary/aromatic N) is 3. The number of aromatic nitrogens is 3. The van der Waals surface area contributed by atoms with E-state index in [0.29, 0.717) is 6.42 Å². The quantitative estimate of drug-likeness (QED) is 0.871. The van der Waals surface area contributed by atoms with Crippen LogP contribution in [0.25, 0.3) is 0 Å². The van der Waals surface area contributed by atoms with Crippen LogP contribution in [-0.4, -0.2) is 26.2 Å². The molecular formula is C14H19N3O. The van der Waals surface area contributed by atoms with Gasteiger partial charge in [-0.1, -0.05) is 35.0 Å². The molecule has 1 aromatic heterocycles. The van der Waals surface area contributed by atoms with Gasteiger partial charge in [-0.05, 0) is 25.3 Å². The predicted octanol–water partition coefficient (Wildman–Crippen LogP) is 1.66. The van der Waals surface area contributed by atoms with Gasteiger partial charge in [-0.15, -0.1) is 5.10 Å². The number of aliphatic hydroxyl groups is 1. The van der Waals surface area contributed by atoms with E-state index in [1.807, 2.05) is 13.2 Å². The maximum atomic E-state index is 9.95. The van der Waals surface area contributed by atoms with Crippen molar-refractivity contribution >= 4 is 0 Å². The van der Waals surface area contributed by atoms with Crippen LogP contribution in [0.15, 0.2) is 30.5 Å². The smallest absolute Gasteiger partial charge is 0.0852 e. The second-order valence-electron chi connectivity index (χ2n) is 4.77. The lowest BCUT2D eigenvalue weighted by atomic mass is 10.0. The Labute approximate surface area is 107 Å². The fraction of sp³-hybridized carbons (Fsp3) is 0.429. The zero-order valence-corrected chi connectivity index (χ0v) is 10.9. The van der Waals surface area contributed by atoms with Gasteiger partial charge in [0, 0.05) is 19.7 Å². The summed E-state index contributed by atoms with van der Waals surface area (Å²) in [5, 5.41) is 17.8. The Hall–Kier alpha value is -1.68. The number of aliphatic hydroxyl groups excluding tert-OH is 1.